The lowest BCUT2D eigenvalue weighted by molar-refractivity contribution is -0.140. The Balaban J connectivity index is 4.34. The number of carboxylic acids is 1. The second kappa shape index (κ2) is 7.37. The van der Waals surface area contributed by atoms with Crippen LogP contribution < -0.4 is 16.4 Å². The summed E-state index contributed by atoms with van der Waals surface area (Å²) in [5, 5.41) is 12.5. The van der Waals surface area contributed by atoms with Crippen LogP contribution in [0.25, 0.3) is 0 Å². The number of primary amides is 1. The van der Waals surface area contributed by atoms with Crippen LogP contribution in [0.4, 0.5) is 4.79 Å². The van der Waals surface area contributed by atoms with Gasteiger partial charge in [0.1, 0.15) is 11.8 Å². The molecule has 0 aliphatic heterocycles. The highest BCUT2D eigenvalue weighted by atomic mass is 32.2. The van der Waals surface area contributed by atoms with E-state index in [1.807, 2.05) is 0 Å². The molecule has 0 rings (SSSR count). The Morgan fingerprint density at radius 3 is 2.28 bits per heavy atom. The zero-order valence-corrected chi connectivity index (χ0v) is 10.3. The topological polar surface area (TPSA) is 156 Å². The molecule has 0 aliphatic rings. The number of amides is 4. The van der Waals surface area contributed by atoms with E-state index in [-0.39, 0.29) is 0 Å². The van der Waals surface area contributed by atoms with Gasteiger partial charge in [0.15, 0.2) is 0 Å². The molecular weight excluding hydrogens is 266 g/mol. The van der Waals surface area contributed by atoms with Gasteiger partial charge in [-0.15, -0.1) is 0 Å². The lowest BCUT2D eigenvalue weighted by Crippen LogP contribution is -2.45. The third-order valence-corrected chi connectivity index (χ3v) is 2.87. The summed E-state index contributed by atoms with van der Waals surface area (Å²) in [7, 11) is -1.85. The molecule has 2 atom stereocenters. The third-order valence-electron chi connectivity index (χ3n) is 1.58. The lowest BCUT2D eigenvalue weighted by atomic mass is 10.3. The minimum atomic E-state index is -1.85. The fraction of sp³-hybridized carbons (Fsp3) is 0.500. The van der Waals surface area contributed by atoms with E-state index in [1.165, 1.54) is 0 Å². The van der Waals surface area contributed by atoms with E-state index < -0.39 is 52.2 Å². The summed E-state index contributed by atoms with van der Waals surface area (Å²) >= 11 is 0. The summed E-state index contributed by atoms with van der Waals surface area (Å²) in [4.78, 5) is 42.7. The van der Waals surface area contributed by atoms with E-state index in [2.05, 4.69) is 11.1 Å². The first-order valence-electron chi connectivity index (χ1n) is 4.66. The first-order valence-corrected chi connectivity index (χ1v) is 6.15. The number of rotatable bonds is 6. The SMILES string of the molecule is CC(=O)NC(CS(=O)CC(=O)NC(N)=O)C(=O)O. The van der Waals surface area contributed by atoms with Crippen molar-refractivity contribution in [3.8, 4) is 0 Å². The molecule has 0 bridgehead atoms. The average Bonchev–Trinajstić information content (AvgIpc) is 2.13. The largest absolute Gasteiger partial charge is 0.480 e. The molecular formula is C8H13N3O6S. The van der Waals surface area contributed by atoms with Crippen molar-refractivity contribution in [3.63, 3.8) is 0 Å². The van der Waals surface area contributed by atoms with Gasteiger partial charge in [0.25, 0.3) is 0 Å². The smallest absolute Gasteiger partial charge is 0.327 e. The molecule has 0 spiro atoms. The van der Waals surface area contributed by atoms with Crippen LogP contribution in [0.15, 0.2) is 0 Å². The average molecular weight is 279 g/mol. The van der Waals surface area contributed by atoms with Crippen molar-refractivity contribution < 1.29 is 28.5 Å². The van der Waals surface area contributed by atoms with Crippen LogP contribution in [-0.4, -0.2) is 50.7 Å². The number of urea groups is 1. The zero-order valence-electron chi connectivity index (χ0n) is 9.47. The summed E-state index contributed by atoms with van der Waals surface area (Å²) in [5.74, 6) is -3.87. The van der Waals surface area contributed by atoms with Crippen LogP contribution in [0, 0.1) is 0 Å². The van der Waals surface area contributed by atoms with Crippen LogP contribution in [0.3, 0.4) is 0 Å². The zero-order chi connectivity index (χ0) is 14.3. The van der Waals surface area contributed by atoms with Gasteiger partial charge in [-0.25, -0.2) is 9.59 Å². The molecule has 10 heteroatoms. The Bertz CT molecular complexity index is 396. The summed E-state index contributed by atoms with van der Waals surface area (Å²) in [6.45, 7) is 1.11. The van der Waals surface area contributed by atoms with Gasteiger partial charge in [0.2, 0.25) is 11.8 Å². The highest BCUT2D eigenvalue weighted by Gasteiger charge is 2.22. The van der Waals surface area contributed by atoms with Crippen molar-refractivity contribution in [2.24, 2.45) is 5.73 Å². The standard InChI is InChI=1S/C8H13N3O6S/c1-4(12)10-5(7(14)15)2-18(17)3-6(13)11-8(9)16/h5H,2-3H2,1H3,(H,10,12)(H,14,15)(H3,9,11,13,16). The minimum Gasteiger partial charge on any atom is -0.480 e. The quantitative estimate of drug-likeness (QED) is 0.422. The van der Waals surface area contributed by atoms with Crippen LogP contribution in [0.2, 0.25) is 0 Å². The summed E-state index contributed by atoms with van der Waals surface area (Å²) in [5.41, 5.74) is 4.66. The molecule has 0 aromatic heterocycles. The molecule has 9 nitrogen and oxygen atoms in total. The van der Waals surface area contributed by atoms with Crippen LogP contribution >= 0.6 is 0 Å². The van der Waals surface area contributed by atoms with E-state index in [0.29, 0.717) is 0 Å². The predicted molar refractivity (Wildman–Crippen MR) is 60.8 cm³/mol. The van der Waals surface area contributed by atoms with Crippen LogP contribution in [0.5, 0.6) is 0 Å². The predicted octanol–water partition coefficient (Wildman–Crippen LogP) is -2.48. The molecule has 0 heterocycles. The molecule has 0 fully saturated rings. The number of imide groups is 1. The van der Waals surface area contributed by atoms with Crippen molar-refractivity contribution in [2.45, 2.75) is 13.0 Å². The van der Waals surface area contributed by atoms with Gasteiger partial charge in [0.05, 0.1) is 5.75 Å². The van der Waals surface area contributed by atoms with Gasteiger partial charge in [-0.2, -0.15) is 0 Å². The fourth-order valence-electron chi connectivity index (χ4n) is 0.985. The Morgan fingerprint density at radius 1 is 1.33 bits per heavy atom. The van der Waals surface area contributed by atoms with Crippen LogP contribution in [0.1, 0.15) is 6.92 Å². The molecule has 102 valence electrons. The maximum Gasteiger partial charge on any atom is 0.327 e. The number of carbonyl (C=O) groups is 4. The maximum atomic E-state index is 11.4. The summed E-state index contributed by atoms with van der Waals surface area (Å²) < 4.78 is 11.4. The first kappa shape index (κ1) is 16.0. The normalized spacial score (nSPS) is 13.2. The van der Waals surface area contributed by atoms with Gasteiger partial charge in [-0.05, 0) is 0 Å². The van der Waals surface area contributed by atoms with Crippen molar-refractivity contribution in [1.82, 2.24) is 10.6 Å². The number of aliphatic carboxylic acids is 1. The van der Waals surface area contributed by atoms with Gasteiger partial charge in [-0.1, -0.05) is 0 Å². The van der Waals surface area contributed by atoms with Crippen molar-refractivity contribution in [2.75, 3.05) is 11.5 Å². The first-order chi connectivity index (χ1) is 8.22. The van der Waals surface area contributed by atoms with Crippen molar-refractivity contribution in [1.29, 1.82) is 0 Å². The van der Waals surface area contributed by atoms with Gasteiger partial charge >= 0.3 is 12.0 Å². The van der Waals surface area contributed by atoms with Gasteiger partial charge < -0.3 is 16.2 Å². The number of carbonyl (C=O) groups excluding carboxylic acids is 3. The monoisotopic (exact) mass is 279 g/mol. The molecule has 2 unspecified atom stereocenters. The number of hydrogen-bond donors (Lipinski definition) is 4. The lowest BCUT2D eigenvalue weighted by Gasteiger charge is -2.12. The number of hydrogen-bond acceptors (Lipinski definition) is 5. The molecule has 4 amide bonds. The van der Waals surface area contributed by atoms with E-state index >= 15 is 0 Å². The maximum absolute atomic E-state index is 11.4. The Hall–Kier alpha value is -1.97. The molecule has 18 heavy (non-hydrogen) atoms. The molecule has 0 aliphatic carbocycles. The van der Waals surface area contributed by atoms with Gasteiger partial charge in [0, 0.05) is 17.7 Å². The summed E-state index contributed by atoms with van der Waals surface area (Å²) in [6, 6.07) is -2.45. The van der Waals surface area contributed by atoms with Crippen molar-refractivity contribution >= 4 is 34.6 Å². The number of nitrogens with one attached hydrogen (secondary N) is 2. The molecule has 0 aromatic rings. The van der Waals surface area contributed by atoms with Crippen LogP contribution in [-0.2, 0) is 25.2 Å². The minimum absolute atomic E-state index is 0.443. The fourth-order valence-corrected chi connectivity index (χ4v) is 2.06. The Kier molecular flexibility index (Phi) is 6.57. The highest BCUT2D eigenvalue weighted by Crippen LogP contribution is 1.92. The van der Waals surface area contributed by atoms with Crippen molar-refractivity contribution in [3.05, 3.63) is 0 Å². The second-order valence-electron chi connectivity index (χ2n) is 3.25. The molecule has 0 saturated heterocycles. The highest BCUT2D eigenvalue weighted by molar-refractivity contribution is 7.85. The summed E-state index contributed by atoms with van der Waals surface area (Å²) in [6.07, 6.45) is 0. The van der Waals surface area contributed by atoms with Gasteiger partial charge in [-0.3, -0.25) is 19.1 Å². The molecule has 5 N–H and O–H groups in total. The third kappa shape index (κ3) is 7.33. The molecule has 0 saturated carbocycles. The molecule has 0 aromatic carbocycles. The van der Waals surface area contributed by atoms with E-state index in [0.717, 1.165) is 6.92 Å². The van der Waals surface area contributed by atoms with E-state index in [4.69, 9.17) is 5.11 Å². The number of nitrogens with two attached hydrogens (primary N) is 1. The second-order valence-corrected chi connectivity index (χ2v) is 4.76. The van der Waals surface area contributed by atoms with E-state index in [1.54, 1.807) is 5.32 Å². The Morgan fingerprint density at radius 2 is 1.89 bits per heavy atom. The molecule has 0 radical (unpaired) electrons. The van der Waals surface area contributed by atoms with E-state index in [9.17, 15) is 23.4 Å². The Labute approximate surface area is 105 Å². The number of carboxylic acid groups (broad SMARTS) is 1.